The number of nitrogens with zero attached hydrogens (tertiary/aromatic N) is 2. The number of aliphatic imine (C=N–C) groups is 1. The van der Waals surface area contributed by atoms with E-state index in [0.717, 1.165) is 5.56 Å². The Kier molecular flexibility index (Phi) is 9.61. The summed E-state index contributed by atoms with van der Waals surface area (Å²) in [7, 11) is 0. The predicted octanol–water partition coefficient (Wildman–Crippen LogP) is 3.46. The molecule has 0 aliphatic carbocycles. The summed E-state index contributed by atoms with van der Waals surface area (Å²) in [6, 6.07) is 3.69. The van der Waals surface area contributed by atoms with Crippen molar-refractivity contribution in [1.29, 1.82) is 0 Å². The number of nitrogens with one attached hydrogen (secondary N) is 2. The van der Waals surface area contributed by atoms with Crippen molar-refractivity contribution in [2.45, 2.75) is 32.0 Å². The molecule has 6 nitrogen and oxygen atoms in total. The molecule has 1 saturated heterocycles. The van der Waals surface area contributed by atoms with Gasteiger partial charge in [0.05, 0.1) is 11.6 Å². The van der Waals surface area contributed by atoms with Crippen LogP contribution >= 0.6 is 35.6 Å². The maximum absolute atomic E-state index is 12.6. The van der Waals surface area contributed by atoms with Gasteiger partial charge >= 0.3 is 6.18 Å². The van der Waals surface area contributed by atoms with Gasteiger partial charge in [-0.2, -0.15) is 13.2 Å². The van der Waals surface area contributed by atoms with Crippen LogP contribution < -0.4 is 20.1 Å². The second kappa shape index (κ2) is 11.5. The fourth-order valence-electron chi connectivity index (χ4n) is 3.47. The zero-order valence-electron chi connectivity index (χ0n) is 16.7. The smallest absolute Gasteiger partial charge is 0.401 e. The highest BCUT2D eigenvalue weighted by molar-refractivity contribution is 14.0. The third-order valence-electron chi connectivity index (χ3n) is 4.69. The molecule has 0 spiro atoms. The number of benzene rings is 1. The zero-order valence-corrected chi connectivity index (χ0v) is 19.8. The van der Waals surface area contributed by atoms with Gasteiger partial charge in [-0.3, -0.25) is 9.89 Å². The number of hydrogen-bond donors (Lipinski definition) is 2. The van der Waals surface area contributed by atoms with E-state index < -0.39 is 12.7 Å². The van der Waals surface area contributed by atoms with Gasteiger partial charge in [0.1, 0.15) is 13.2 Å². The summed E-state index contributed by atoms with van der Waals surface area (Å²) in [6.07, 6.45) is -2.87. The first-order chi connectivity index (χ1) is 13.8. The van der Waals surface area contributed by atoms with Crippen LogP contribution in [-0.4, -0.2) is 69.0 Å². The molecule has 0 aromatic heterocycles. The van der Waals surface area contributed by atoms with E-state index in [1.54, 1.807) is 0 Å². The van der Waals surface area contributed by atoms with E-state index in [2.05, 4.69) is 15.6 Å². The molecule has 1 atom stereocenters. The highest BCUT2D eigenvalue weighted by atomic mass is 127. The van der Waals surface area contributed by atoms with Crippen LogP contribution in [-0.2, 0) is 6.42 Å². The molecular formula is C19H27ClF3IN4O2. The van der Waals surface area contributed by atoms with E-state index >= 15 is 0 Å². The first-order valence-electron chi connectivity index (χ1n) is 9.76. The van der Waals surface area contributed by atoms with Crippen LogP contribution in [0.4, 0.5) is 13.2 Å². The van der Waals surface area contributed by atoms with Crippen molar-refractivity contribution >= 4 is 41.5 Å². The predicted molar refractivity (Wildman–Crippen MR) is 122 cm³/mol. The van der Waals surface area contributed by atoms with Gasteiger partial charge in [0.15, 0.2) is 17.5 Å². The Morgan fingerprint density at radius 3 is 2.80 bits per heavy atom. The quantitative estimate of drug-likeness (QED) is 0.316. The van der Waals surface area contributed by atoms with Gasteiger partial charge in [-0.05, 0) is 37.5 Å². The summed E-state index contributed by atoms with van der Waals surface area (Å²) in [5.74, 6) is 1.82. The number of rotatable bonds is 6. The Morgan fingerprint density at radius 2 is 2.07 bits per heavy atom. The monoisotopic (exact) mass is 562 g/mol. The van der Waals surface area contributed by atoms with Gasteiger partial charge < -0.3 is 20.1 Å². The Bertz CT molecular complexity index is 736. The molecule has 2 aliphatic rings. The summed E-state index contributed by atoms with van der Waals surface area (Å²) in [4.78, 5) is 5.97. The first kappa shape index (κ1) is 25.1. The number of alkyl halides is 3. The second-order valence-corrected chi connectivity index (χ2v) is 7.50. The third-order valence-corrected chi connectivity index (χ3v) is 4.97. The van der Waals surface area contributed by atoms with E-state index in [0.29, 0.717) is 74.7 Å². The maximum Gasteiger partial charge on any atom is 0.401 e. The molecule has 0 saturated carbocycles. The van der Waals surface area contributed by atoms with Crippen LogP contribution in [0.5, 0.6) is 11.5 Å². The molecule has 1 aromatic rings. The van der Waals surface area contributed by atoms with Crippen LogP contribution in [0.1, 0.15) is 18.9 Å². The van der Waals surface area contributed by atoms with Crippen molar-refractivity contribution in [1.82, 2.24) is 15.5 Å². The molecule has 2 N–H and O–H groups in total. The fraction of sp³-hybridized carbons (Fsp3) is 0.632. The summed E-state index contributed by atoms with van der Waals surface area (Å²) >= 11 is 6.26. The maximum atomic E-state index is 12.6. The van der Waals surface area contributed by atoms with E-state index in [-0.39, 0.29) is 30.0 Å². The van der Waals surface area contributed by atoms with Gasteiger partial charge in [0.25, 0.3) is 0 Å². The standard InChI is InChI=1S/C19H26ClF3N4O2.HI/c1-2-24-18(26-14-4-6-27(11-14)12-19(21,22)23)25-5-3-13-9-15(20)17-16(10-13)28-7-8-29-17;/h9-10,14H,2-8,11-12H2,1H3,(H2,24,25,26);1H. The first-order valence-corrected chi connectivity index (χ1v) is 10.1. The Morgan fingerprint density at radius 1 is 1.30 bits per heavy atom. The number of likely N-dealkylation sites (tertiary alicyclic amines) is 1. The van der Waals surface area contributed by atoms with Crippen molar-refractivity contribution < 1.29 is 22.6 Å². The molecule has 11 heteroatoms. The molecule has 3 rings (SSSR count). The lowest BCUT2D eigenvalue weighted by molar-refractivity contribution is -0.143. The van der Waals surface area contributed by atoms with E-state index in [4.69, 9.17) is 21.1 Å². The van der Waals surface area contributed by atoms with Crippen molar-refractivity contribution in [2.75, 3.05) is 45.9 Å². The highest BCUT2D eigenvalue weighted by Crippen LogP contribution is 2.38. The Balaban J connectivity index is 0.00000320. The van der Waals surface area contributed by atoms with Crippen molar-refractivity contribution in [3.63, 3.8) is 0 Å². The van der Waals surface area contributed by atoms with E-state index in [1.807, 2.05) is 19.1 Å². The summed E-state index contributed by atoms with van der Waals surface area (Å²) in [5.41, 5.74) is 0.982. The van der Waals surface area contributed by atoms with Crippen LogP contribution in [0, 0.1) is 0 Å². The highest BCUT2D eigenvalue weighted by Gasteiger charge is 2.34. The van der Waals surface area contributed by atoms with E-state index in [9.17, 15) is 13.2 Å². The summed E-state index contributed by atoms with van der Waals surface area (Å²) in [6.45, 7) is 3.99. The molecule has 0 radical (unpaired) electrons. The molecule has 170 valence electrons. The van der Waals surface area contributed by atoms with Gasteiger partial charge in [-0.15, -0.1) is 24.0 Å². The largest absolute Gasteiger partial charge is 0.486 e. The van der Waals surface area contributed by atoms with Crippen LogP contribution in [0.25, 0.3) is 0 Å². The average Bonchev–Trinajstić information content (AvgIpc) is 3.07. The molecule has 0 bridgehead atoms. The lowest BCUT2D eigenvalue weighted by Gasteiger charge is -2.20. The lowest BCUT2D eigenvalue weighted by Crippen LogP contribution is -2.45. The Hall–Kier alpha value is -1.14. The van der Waals surface area contributed by atoms with E-state index in [1.165, 1.54) is 4.90 Å². The van der Waals surface area contributed by atoms with Crippen LogP contribution in [0.2, 0.25) is 5.02 Å². The summed E-state index contributed by atoms with van der Waals surface area (Å²) in [5, 5.41) is 6.90. The van der Waals surface area contributed by atoms with Gasteiger partial charge in [0, 0.05) is 32.2 Å². The van der Waals surface area contributed by atoms with Crippen molar-refractivity contribution in [3.8, 4) is 11.5 Å². The molecule has 1 aromatic carbocycles. The minimum atomic E-state index is -4.17. The van der Waals surface area contributed by atoms with Crippen LogP contribution in [0.15, 0.2) is 17.1 Å². The number of fused-ring (bicyclic) bond motifs is 1. The summed E-state index contributed by atoms with van der Waals surface area (Å²) < 4.78 is 48.8. The number of guanidine groups is 1. The van der Waals surface area contributed by atoms with Gasteiger partial charge in [-0.1, -0.05) is 11.6 Å². The minimum Gasteiger partial charge on any atom is -0.486 e. The molecule has 1 unspecified atom stereocenters. The van der Waals surface area contributed by atoms with Crippen LogP contribution in [0.3, 0.4) is 0 Å². The lowest BCUT2D eigenvalue weighted by atomic mass is 10.1. The second-order valence-electron chi connectivity index (χ2n) is 7.09. The number of ether oxygens (including phenoxy) is 2. The van der Waals surface area contributed by atoms with Gasteiger partial charge in [-0.25, -0.2) is 0 Å². The molecule has 2 heterocycles. The molecule has 1 fully saturated rings. The SMILES string of the molecule is CCNC(=NCCc1cc(Cl)c2c(c1)OCCO2)NC1CCN(CC(F)(F)F)C1.I. The molecule has 30 heavy (non-hydrogen) atoms. The van der Waals surface area contributed by atoms with Crippen molar-refractivity contribution in [3.05, 3.63) is 22.7 Å². The minimum absolute atomic E-state index is 0. The third kappa shape index (κ3) is 7.52. The topological polar surface area (TPSA) is 58.1 Å². The van der Waals surface area contributed by atoms with Gasteiger partial charge in [0.2, 0.25) is 0 Å². The number of halogens is 5. The zero-order chi connectivity index (χ0) is 20.9. The molecular weight excluding hydrogens is 536 g/mol. The molecule has 0 amide bonds. The van der Waals surface area contributed by atoms with Crippen molar-refractivity contribution in [2.24, 2.45) is 4.99 Å². The number of hydrogen-bond acceptors (Lipinski definition) is 4. The molecule has 2 aliphatic heterocycles. The normalized spacial score (nSPS) is 19.4. The average molecular weight is 563 g/mol. The Labute approximate surface area is 196 Å². The fourth-order valence-corrected chi connectivity index (χ4v) is 3.75.